The second-order valence-electron chi connectivity index (χ2n) is 4.12. The molecule has 3 aromatic rings. The molecule has 3 rings (SSSR count). The summed E-state index contributed by atoms with van der Waals surface area (Å²) in [5, 5.41) is 13.7. The Morgan fingerprint density at radius 2 is 1.67 bits per heavy atom. The Morgan fingerprint density at radius 1 is 0.889 bits per heavy atom. The van der Waals surface area contributed by atoms with Crippen LogP contribution in [0.3, 0.4) is 0 Å². The second-order valence-corrected chi connectivity index (χ2v) is 4.12. The molecule has 3 heteroatoms. The van der Waals surface area contributed by atoms with E-state index < -0.39 is 0 Å². The Kier molecular flexibility index (Phi) is 2.88. The van der Waals surface area contributed by atoms with E-state index in [1.165, 1.54) is 5.56 Å². The maximum atomic E-state index is 4.16. The van der Waals surface area contributed by atoms with Crippen molar-refractivity contribution in [3.63, 3.8) is 0 Å². The van der Waals surface area contributed by atoms with Crippen molar-refractivity contribution in [3.05, 3.63) is 66.4 Å². The van der Waals surface area contributed by atoms with Gasteiger partial charge in [0, 0.05) is 17.3 Å². The van der Waals surface area contributed by atoms with Crippen LogP contribution < -0.4 is 5.32 Å². The number of rotatable bonds is 3. The maximum absolute atomic E-state index is 4.16. The van der Waals surface area contributed by atoms with Crippen molar-refractivity contribution < 1.29 is 0 Å². The molecule has 0 bridgehead atoms. The van der Waals surface area contributed by atoms with Crippen LogP contribution in [-0.4, -0.2) is 10.2 Å². The lowest BCUT2D eigenvalue weighted by Crippen LogP contribution is -2.02. The number of nitrogens with zero attached hydrogens (tertiary/aromatic N) is 2. The fraction of sp³-hybridized carbons (Fsp3) is 0.0667. The first-order chi connectivity index (χ1) is 8.93. The van der Waals surface area contributed by atoms with Gasteiger partial charge in [0.2, 0.25) is 0 Å². The maximum Gasteiger partial charge on any atom is 0.156 e. The van der Waals surface area contributed by atoms with Gasteiger partial charge in [0.05, 0.1) is 6.20 Å². The third kappa shape index (κ3) is 2.15. The predicted molar refractivity (Wildman–Crippen MR) is 73.3 cm³/mol. The van der Waals surface area contributed by atoms with E-state index in [1.807, 2.05) is 36.4 Å². The quantitative estimate of drug-likeness (QED) is 0.757. The lowest BCUT2D eigenvalue weighted by molar-refractivity contribution is 1.02. The van der Waals surface area contributed by atoms with Crippen LogP contribution >= 0.6 is 0 Å². The van der Waals surface area contributed by atoms with Crippen LogP contribution in [0, 0.1) is 0 Å². The zero-order valence-electron chi connectivity index (χ0n) is 9.88. The highest BCUT2D eigenvalue weighted by molar-refractivity contribution is 5.90. The fourth-order valence-electron chi connectivity index (χ4n) is 1.94. The van der Waals surface area contributed by atoms with Crippen LogP contribution in [0.15, 0.2) is 60.8 Å². The molecule has 0 fully saturated rings. The molecule has 0 saturated heterocycles. The van der Waals surface area contributed by atoms with Gasteiger partial charge in [-0.05, 0) is 5.56 Å². The standard InChI is InChI=1S/C15H13N3/c1-2-6-12(7-3-1)10-16-15-14-9-5-4-8-13(14)11-17-18-15/h1-9,11H,10H2,(H,16,18). The van der Waals surface area contributed by atoms with E-state index in [1.54, 1.807) is 6.20 Å². The molecule has 1 heterocycles. The average molecular weight is 235 g/mol. The zero-order valence-corrected chi connectivity index (χ0v) is 9.88. The summed E-state index contributed by atoms with van der Waals surface area (Å²) in [5.41, 5.74) is 1.23. The molecule has 1 aromatic heterocycles. The average Bonchev–Trinajstić information content (AvgIpc) is 2.46. The predicted octanol–water partition coefficient (Wildman–Crippen LogP) is 3.24. The van der Waals surface area contributed by atoms with Gasteiger partial charge in [0.1, 0.15) is 0 Å². The van der Waals surface area contributed by atoms with E-state index >= 15 is 0 Å². The molecule has 3 nitrogen and oxygen atoms in total. The molecule has 0 aliphatic rings. The van der Waals surface area contributed by atoms with Crippen LogP contribution in [0.25, 0.3) is 10.8 Å². The van der Waals surface area contributed by atoms with Gasteiger partial charge >= 0.3 is 0 Å². The highest BCUT2D eigenvalue weighted by Crippen LogP contribution is 2.19. The Balaban J connectivity index is 1.87. The van der Waals surface area contributed by atoms with Gasteiger partial charge in [-0.2, -0.15) is 5.10 Å². The van der Waals surface area contributed by atoms with Gasteiger partial charge in [0.25, 0.3) is 0 Å². The first-order valence-electron chi connectivity index (χ1n) is 5.92. The molecule has 2 aromatic carbocycles. The number of hydrogen-bond acceptors (Lipinski definition) is 3. The number of hydrogen-bond donors (Lipinski definition) is 1. The summed E-state index contributed by atoms with van der Waals surface area (Å²) in [7, 11) is 0. The fourth-order valence-corrected chi connectivity index (χ4v) is 1.94. The molecule has 88 valence electrons. The highest BCUT2D eigenvalue weighted by atomic mass is 15.2. The van der Waals surface area contributed by atoms with Crippen molar-refractivity contribution in [2.24, 2.45) is 0 Å². The monoisotopic (exact) mass is 235 g/mol. The molecule has 1 N–H and O–H groups in total. The zero-order chi connectivity index (χ0) is 12.2. The van der Waals surface area contributed by atoms with Gasteiger partial charge in [-0.25, -0.2) is 0 Å². The van der Waals surface area contributed by atoms with Crippen LogP contribution in [0.4, 0.5) is 5.82 Å². The SMILES string of the molecule is c1ccc(CNc2nncc3ccccc23)cc1. The molecule has 0 amide bonds. The summed E-state index contributed by atoms with van der Waals surface area (Å²) >= 11 is 0. The molecule has 0 spiro atoms. The van der Waals surface area contributed by atoms with E-state index in [-0.39, 0.29) is 0 Å². The molecule has 0 aliphatic carbocycles. The van der Waals surface area contributed by atoms with E-state index in [9.17, 15) is 0 Å². The normalized spacial score (nSPS) is 10.4. The van der Waals surface area contributed by atoms with Gasteiger partial charge in [0.15, 0.2) is 5.82 Å². The van der Waals surface area contributed by atoms with Crippen molar-refractivity contribution >= 4 is 16.6 Å². The molecular formula is C15H13N3. The summed E-state index contributed by atoms with van der Waals surface area (Å²) in [5.74, 6) is 0.831. The molecule has 0 aliphatic heterocycles. The van der Waals surface area contributed by atoms with Crippen molar-refractivity contribution in [3.8, 4) is 0 Å². The molecular weight excluding hydrogens is 222 g/mol. The molecule has 0 saturated carbocycles. The third-order valence-electron chi connectivity index (χ3n) is 2.87. The van der Waals surface area contributed by atoms with Gasteiger partial charge in [-0.1, -0.05) is 54.6 Å². The van der Waals surface area contributed by atoms with Crippen molar-refractivity contribution in [2.45, 2.75) is 6.54 Å². The van der Waals surface area contributed by atoms with Crippen molar-refractivity contribution in [2.75, 3.05) is 5.32 Å². The summed E-state index contributed by atoms with van der Waals surface area (Å²) in [6.45, 7) is 0.753. The molecule has 18 heavy (non-hydrogen) atoms. The minimum absolute atomic E-state index is 0.753. The summed E-state index contributed by atoms with van der Waals surface area (Å²) in [6, 6.07) is 18.4. The van der Waals surface area contributed by atoms with E-state index in [0.29, 0.717) is 0 Å². The smallest absolute Gasteiger partial charge is 0.156 e. The first-order valence-corrected chi connectivity index (χ1v) is 5.92. The van der Waals surface area contributed by atoms with Crippen molar-refractivity contribution in [1.82, 2.24) is 10.2 Å². The Morgan fingerprint density at radius 3 is 2.56 bits per heavy atom. The molecule has 0 unspecified atom stereocenters. The van der Waals surface area contributed by atoms with Crippen LogP contribution in [-0.2, 0) is 6.54 Å². The van der Waals surface area contributed by atoms with Crippen LogP contribution in [0.1, 0.15) is 5.56 Å². The molecule has 0 radical (unpaired) electrons. The number of benzene rings is 2. The lowest BCUT2D eigenvalue weighted by Gasteiger charge is -2.07. The van der Waals surface area contributed by atoms with E-state index in [0.717, 1.165) is 23.1 Å². The van der Waals surface area contributed by atoms with E-state index in [4.69, 9.17) is 0 Å². The summed E-state index contributed by atoms with van der Waals surface area (Å²) < 4.78 is 0. The lowest BCUT2D eigenvalue weighted by atomic mass is 10.2. The second kappa shape index (κ2) is 4.84. The Labute approximate surface area is 105 Å². The van der Waals surface area contributed by atoms with Crippen molar-refractivity contribution in [1.29, 1.82) is 0 Å². The third-order valence-corrected chi connectivity index (χ3v) is 2.87. The van der Waals surface area contributed by atoms with Crippen LogP contribution in [0.5, 0.6) is 0 Å². The van der Waals surface area contributed by atoms with Gasteiger partial charge < -0.3 is 5.32 Å². The minimum atomic E-state index is 0.753. The number of aromatic nitrogens is 2. The van der Waals surface area contributed by atoms with Gasteiger partial charge in [-0.3, -0.25) is 0 Å². The first kappa shape index (κ1) is 10.7. The number of anilines is 1. The van der Waals surface area contributed by atoms with E-state index in [2.05, 4.69) is 33.7 Å². The van der Waals surface area contributed by atoms with Gasteiger partial charge in [-0.15, -0.1) is 5.10 Å². The van der Waals surface area contributed by atoms with Crippen LogP contribution in [0.2, 0.25) is 0 Å². The largest absolute Gasteiger partial charge is 0.364 e. The Bertz CT molecular complexity index is 645. The Hall–Kier alpha value is -2.42. The number of nitrogens with one attached hydrogen (secondary N) is 1. The summed E-state index contributed by atoms with van der Waals surface area (Å²) in [6.07, 6.45) is 1.78. The topological polar surface area (TPSA) is 37.8 Å². The highest BCUT2D eigenvalue weighted by Gasteiger charge is 2.01. The molecule has 0 atom stereocenters. The number of fused-ring (bicyclic) bond motifs is 1. The summed E-state index contributed by atoms with van der Waals surface area (Å²) in [4.78, 5) is 0. The minimum Gasteiger partial charge on any atom is -0.364 e.